The predicted molar refractivity (Wildman–Crippen MR) is 80.7 cm³/mol. The Hall–Kier alpha value is -2.23. The lowest BCUT2D eigenvalue weighted by molar-refractivity contribution is 0.0692. The first kappa shape index (κ1) is 12.8. The highest BCUT2D eigenvalue weighted by Gasteiger charge is 2.18. The summed E-state index contributed by atoms with van der Waals surface area (Å²) < 4.78 is 2.43. The van der Waals surface area contributed by atoms with E-state index in [9.17, 15) is 9.90 Å². The number of aromatic carboxylic acids is 1. The molecule has 100 valence electrons. The van der Waals surface area contributed by atoms with E-state index in [0.717, 1.165) is 3.57 Å². The fourth-order valence-electron chi connectivity index (χ4n) is 1.90. The number of carbonyl (C=O) groups is 1. The van der Waals surface area contributed by atoms with Gasteiger partial charge < -0.3 is 10.8 Å². The van der Waals surface area contributed by atoms with Crippen LogP contribution in [0.3, 0.4) is 0 Å². The first-order valence-corrected chi connectivity index (χ1v) is 6.64. The molecule has 3 aromatic rings. The van der Waals surface area contributed by atoms with Gasteiger partial charge in [0.15, 0.2) is 11.5 Å². The normalized spacial score (nSPS) is 10.8. The molecule has 0 spiro atoms. The molecule has 3 rings (SSSR count). The van der Waals surface area contributed by atoms with Crippen molar-refractivity contribution in [2.75, 3.05) is 5.73 Å². The van der Waals surface area contributed by atoms with E-state index in [1.807, 2.05) is 12.1 Å². The van der Waals surface area contributed by atoms with Crippen molar-refractivity contribution in [3.63, 3.8) is 0 Å². The number of hydrogen-bond acceptors (Lipinski definition) is 5. The highest BCUT2D eigenvalue weighted by molar-refractivity contribution is 14.1. The van der Waals surface area contributed by atoms with Crippen LogP contribution in [0.4, 0.5) is 5.95 Å². The standard InChI is InChI=1S/C12H8IN5O2/c13-6-1-2-7-8(5-6)18(17-10(7)11(19)20)9-3-4-15-12(14)16-9/h1-5H,(H,19,20)(H2,14,15,16). The molecule has 0 radical (unpaired) electrons. The van der Waals surface area contributed by atoms with E-state index >= 15 is 0 Å². The van der Waals surface area contributed by atoms with E-state index in [2.05, 4.69) is 37.7 Å². The van der Waals surface area contributed by atoms with Gasteiger partial charge in [-0.05, 0) is 40.8 Å². The number of halogens is 1. The molecule has 20 heavy (non-hydrogen) atoms. The number of aromatic nitrogens is 4. The molecule has 0 saturated heterocycles. The van der Waals surface area contributed by atoms with E-state index in [-0.39, 0.29) is 11.6 Å². The number of anilines is 1. The Balaban J connectivity index is 2.35. The summed E-state index contributed by atoms with van der Waals surface area (Å²) >= 11 is 2.15. The number of carboxylic acids is 1. The quantitative estimate of drug-likeness (QED) is 0.655. The molecule has 2 heterocycles. The van der Waals surface area contributed by atoms with Crippen molar-refractivity contribution >= 4 is 45.4 Å². The van der Waals surface area contributed by atoms with E-state index in [1.54, 1.807) is 12.1 Å². The van der Waals surface area contributed by atoms with Gasteiger partial charge in [0, 0.05) is 21.2 Å². The van der Waals surface area contributed by atoms with Gasteiger partial charge in [-0.25, -0.2) is 14.5 Å². The number of nitrogens with zero attached hydrogens (tertiary/aromatic N) is 4. The van der Waals surface area contributed by atoms with E-state index < -0.39 is 5.97 Å². The summed E-state index contributed by atoms with van der Waals surface area (Å²) in [7, 11) is 0. The molecule has 0 amide bonds. The Morgan fingerprint density at radius 3 is 2.85 bits per heavy atom. The summed E-state index contributed by atoms with van der Waals surface area (Å²) in [5.41, 5.74) is 6.20. The van der Waals surface area contributed by atoms with Crippen molar-refractivity contribution in [3.05, 3.63) is 39.7 Å². The van der Waals surface area contributed by atoms with Crippen molar-refractivity contribution < 1.29 is 9.90 Å². The fraction of sp³-hybridized carbons (Fsp3) is 0. The van der Waals surface area contributed by atoms with Gasteiger partial charge in [0.25, 0.3) is 0 Å². The average Bonchev–Trinajstić information content (AvgIpc) is 2.77. The van der Waals surface area contributed by atoms with Crippen LogP contribution in [0.2, 0.25) is 0 Å². The number of rotatable bonds is 2. The summed E-state index contributed by atoms with van der Waals surface area (Å²) in [5, 5.41) is 13.9. The molecule has 0 fully saturated rings. The largest absolute Gasteiger partial charge is 0.476 e. The second-order valence-corrected chi connectivity index (χ2v) is 5.25. The predicted octanol–water partition coefficient (Wildman–Crippen LogP) is 1.70. The number of benzene rings is 1. The third kappa shape index (κ3) is 2.07. The third-order valence-corrected chi connectivity index (χ3v) is 3.39. The van der Waals surface area contributed by atoms with Crippen LogP contribution in [-0.4, -0.2) is 30.8 Å². The van der Waals surface area contributed by atoms with Crippen LogP contribution in [0.5, 0.6) is 0 Å². The van der Waals surface area contributed by atoms with Crippen LogP contribution in [-0.2, 0) is 0 Å². The molecular weight excluding hydrogens is 373 g/mol. The van der Waals surface area contributed by atoms with Gasteiger partial charge >= 0.3 is 5.97 Å². The number of nitrogen functional groups attached to an aromatic ring is 1. The minimum atomic E-state index is -1.09. The van der Waals surface area contributed by atoms with Gasteiger partial charge in [-0.2, -0.15) is 10.1 Å². The van der Waals surface area contributed by atoms with Crippen molar-refractivity contribution in [2.45, 2.75) is 0 Å². The second-order valence-electron chi connectivity index (χ2n) is 4.00. The molecule has 7 nitrogen and oxygen atoms in total. The lowest BCUT2D eigenvalue weighted by Gasteiger charge is -2.02. The van der Waals surface area contributed by atoms with Crippen molar-refractivity contribution in [1.82, 2.24) is 19.7 Å². The zero-order chi connectivity index (χ0) is 14.3. The number of carboxylic acid groups (broad SMARTS) is 1. The third-order valence-electron chi connectivity index (χ3n) is 2.72. The van der Waals surface area contributed by atoms with Crippen LogP contribution in [0, 0.1) is 3.57 Å². The molecule has 0 unspecified atom stereocenters. The first-order valence-electron chi connectivity index (χ1n) is 5.57. The smallest absolute Gasteiger partial charge is 0.357 e. The molecule has 0 aliphatic carbocycles. The summed E-state index contributed by atoms with van der Waals surface area (Å²) in [6.07, 6.45) is 1.50. The van der Waals surface area contributed by atoms with Gasteiger partial charge in [-0.15, -0.1) is 0 Å². The molecule has 0 aliphatic rings. The summed E-state index contributed by atoms with van der Waals surface area (Å²) in [6.45, 7) is 0. The minimum absolute atomic E-state index is 0.0198. The zero-order valence-corrected chi connectivity index (χ0v) is 12.1. The Morgan fingerprint density at radius 1 is 1.35 bits per heavy atom. The SMILES string of the molecule is Nc1nccc(-n2nc(C(=O)O)c3ccc(I)cc32)n1. The Kier molecular flexibility index (Phi) is 3.01. The maximum Gasteiger partial charge on any atom is 0.357 e. The van der Waals surface area contributed by atoms with Crippen molar-refractivity contribution in [3.8, 4) is 5.82 Å². The summed E-state index contributed by atoms with van der Waals surface area (Å²) in [6, 6.07) is 7.02. The van der Waals surface area contributed by atoms with Gasteiger partial charge in [0.1, 0.15) is 0 Å². The molecule has 3 N–H and O–H groups in total. The van der Waals surface area contributed by atoms with Gasteiger partial charge in [-0.1, -0.05) is 0 Å². The number of fused-ring (bicyclic) bond motifs is 1. The summed E-state index contributed by atoms with van der Waals surface area (Å²) in [5.74, 6) is -0.553. The highest BCUT2D eigenvalue weighted by Crippen LogP contribution is 2.23. The average molecular weight is 381 g/mol. The first-order chi connectivity index (χ1) is 9.56. The number of nitrogens with two attached hydrogens (primary N) is 1. The monoisotopic (exact) mass is 381 g/mol. The second kappa shape index (κ2) is 4.71. The minimum Gasteiger partial charge on any atom is -0.476 e. The topological polar surface area (TPSA) is 107 Å². The molecule has 8 heteroatoms. The zero-order valence-electron chi connectivity index (χ0n) is 9.99. The molecular formula is C12H8IN5O2. The van der Waals surface area contributed by atoms with Crippen LogP contribution >= 0.6 is 22.6 Å². The van der Waals surface area contributed by atoms with E-state index in [0.29, 0.717) is 16.7 Å². The summed E-state index contributed by atoms with van der Waals surface area (Å²) in [4.78, 5) is 19.2. The molecule has 0 bridgehead atoms. The fourth-order valence-corrected chi connectivity index (χ4v) is 2.38. The van der Waals surface area contributed by atoms with Gasteiger partial charge in [0.2, 0.25) is 5.95 Å². The molecule has 0 atom stereocenters. The Labute approximate surface area is 126 Å². The maximum atomic E-state index is 11.3. The lowest BCUT2D eigenvalue weighted by Crippen LogP contribution is -2.05. The molecule has 0 saturated carbocycles. The van der Waals surface area contributed by atoms with Gasteiger partial charge in [0.05, 0.1) is 5.52 Å². The van der Waals surface area contributed by atoms with E-state index in [4.69, 9.17) is 5.73 Å². The maximum absolute atomic E-state index is 11.3. The lowest BCUT2D eigenvalue weighted by atomic mass is 10.2. The van der Waals surface area contributed by atoms with Crippen LogP contribution in [0.25, 0.3) is 16.7 Å². The highest BCUT2D eigenvalue weighted by atomic mass is 127. The van der Waals surface area contributed by atoms with Gasteiger partial charge in [-0.3, -0.25) is 0 Å². The molecule has 0 aliphatic heterocycles. The molecule has 2 aromatic heterocycles. The van der Waals surface area contributed by atoms with Crippen molar-refractivity contribution in [2.24, 2.45) is 0 Å². The number of hydrogen-bond donors (Lipinski definition) is 2. The van der Waals surface area contributed by atoms with Crippen LogP contribution in [0.15, 0.2) is 30.5 Å². The van der Waals surface area contributed by atoms with Crippen molar-refractivity contribution in [1.29, 1.82) is 0 Å². The Morgan fingerprint density at radius 2 is 2.15 bits per heavy atom. The van der Waals surface area contributed by atoms with Crippen LogP contribution in [0.1, 0.15) is 10.5 Å². The van der Waals surface area contributed by atoms with E-state index in [1.165, 1.54) is 10.9 Å². The Bertz CT molecular complexity index is 830. The van der Waals surface area contributed by atoms with Crippen LogP contribution < -0.4 is 5.73 Å². The molecule has 1 aromatic carbocycles.